The molecule has 0 aliphatic heterocycles. The Morgan fingerprint density at radius 3 is 2.62 bits per heavy atom. The topological polar surface area (TPSA) is 30.2 Å². The molecule has 0 spiro atoms. The van der Waals surface area contributed by atoms with Crippen molar-refractivity contribution in [1.29, 1.82) is 0 Å². The monoisotopic (exact) mass is 298 g/mol. The fourth-order valence-corrected chi connectivity index (χ4v) is 1.94. The molecule has 0 amide bonds. The van der Waals surface area contributed by atoms with Gasteiger partial charge in [0, 0.05) is 10.9 Å². The lowest BCUT2D eigenvalue weighted by Crippen LogP contribution is -2.02. The van der Waals surface area contributed by atoms with Crippen LogP contribution >= 0.6 is 27.5 Å². The zero-order valence-corrected chi connectivity index (χ0v) is 10.6. The Labute approximate surface area is 106 Å². The van der Waals surface area contributed by atoms with Gasteiger partial charge in [0.1, 0.15) is 0 Å². The van der Waals surface area contributed by atoms with Crippen molar-refractivity contribution < 1.29 is 9.21 Å². The first-order valence-corrected chi connectivity index (χ1v) is 5.86. The van der Waals surface area contributed by atoms with Gasteiger partial charge in [-0.15, -0.1) is 0 Å². The summed E-state index contributed by atoms with van der Waals surface area (Å²) in [5.41, 5.74) is 0.931. The molecular weight excluding hydrogens is 291 g/mol. The van der Waals surface area contributed by atoms with Gasteiger partial charge in [0.25, 0.3) is 0 Å². The van der Waals surface area contributed by atoms with E-state index in [0.717, 1.165) is 10.0 Å². The second-order valence-electron chi connectivity index (χ2n) is 3.30. The molecule has 0 N–H and O–H groups in total. The van der Waals surface area contributed by atoms with Gasteiger partial charge in [-0.25, -0.2) is 0 Å². The number of rotatable bonds is 3. The number of Topliss-reactive ketones (excluding diaryl/α,β-unsaturated/α-hetero) is 1. The van der Waals surface area contributed by atoms with Crippen molar-refractivity contribution >= 4 is 33.3 Å². The minimum absolute atomic E-state index is 0.0844. The van der Waals surface area contributed by atoms with E-state index in [1.54, 1.807) is 12.1 Å². The summed E-state index contributed by atoms with van der Waals surface area (Å²) < 4.78 is 5.98. The molecule has 0 bridgehead atoms. The number of furan rings is 1. The van der Waals surface area contributed by atoms with E-state index in [2.05, 4.69) is 15.9 Å². The van der Waals surface area contributed by atoms with Crippen molar-refractivity contribution in [1.82, 2.24) is 0 Å². The summed E-state index contributed by atoms with van der Waals surface area (Å²) in [4.78, 5) is 11.8. The largest absolute Gasteiger partial charge is 0.442 e. The van der Waals surface area contributed by atoms with Gasteiger partial charge in [0.2, 0.25) is 5.78 Å². The van der Waals surface area contributed by atoms with Crippen LogP contribution in [-0.4, -0.2) is 5.78 Å². The first-order chi connectivity index (χ1) is 7.66. The van der Waals surface area contributed by atoms with Crippen LogP contribution in [0.5, 0.6) is 0 Å². The fraction of sp³-hybridized carbons (Fsp3) is 0.0833. The molecular formula is C12H8BrClO2. The minimum Gasteiger partial charge on any atom is -0.442 e. The molecule has 0 fully saturated rings. The van der Waals surface area contributed by atoms with Crippen molar-refractivity contribution in [3.05, 3.63) is 57.4 Å². The number of ketones is 1. The van der Waals surface area contributed by atoms with Gasteiger partial charge in [-0.2, -0.15) is 0 Å². The van der Waals surface area contributed by atoms with Crippen LogP contribution in [0.4, 0.5) is 0 Å². The summed E-state index contributed by atoms with van der Waals surface area (Å²) in [5.74, 6) is 0.208. The second-order valence-corrected chi connectivity index (χ2v) is 4.52. The van der Waals surface area contributed by atoms with Crippen LogP contribution in [0, 0.1) is 0 Å². The first kappa shape index (κ1) is 11.4. The number of benzene rings is 1. The average Bonchev–Trinajstić information content (AvgIpc) is 2.68. The van der Waals surface area contributed by atoms with Crippen molar-refractivity contribution in [3.8, 4) is 0 Å². The highest BCUT2D eigenvalue weighted by Crippen LogP contribution is 2.20. The summed E-state index contributed by atoms with van der Waals surface area (Å²) in [6.07, 6.45) is 0.297. The maximum atomic E-state index is 11.8. The van der Waals surface area contributed by atoms with E-state index in [0.29, 0.717) is 12.2 Å². The van der Waals surface area contributed by atoms with E-state index in [1.165, 1.54) is 0 Å². The van der Waals surface area contributed by atoms with Crippen LogP contribution in [-0.2, 0) is 6.42 Å². The third kappa shape index (κ3) is 2.54. The molecule has 2 aromatic rings. The maximum Gasteiger partial charge on any atom is 0.202 e. The highest BCUT2D eigenvalue weighted by atomic mass is 79.9. The van der Waals surface area contributed by atoms with Gasteiger partial charge in [0.15, 0.2) is 11.0 Å². The molecule has 2 rings (SSSR count). The second kappa shape index (κ2) is 4.85. The molecule has 1 heterocycles. The standard InChI is InChI=1S/C12H8BrClO2/c13-9-4-2-1-3-8(9)7-10(15)11-5-6-12(14)16-11/h1-6H,7H2. The number of carbonyl (C=O) groups excluding carboxylic acids is 1. The van der Waals surface area contributed by atoms with Gasteiger partial charge in [-0.3, -0.25) is 4.79 Å². The normalized spacial score (nSPS) is 10.4. The summed E-state index contributed by atoms with van der Waals surface area (Å²) in [5, 5.41) is 0.232. The minimum atomic E-state index is -0.0844. The molecule has 0 atom stereocenters. The number of halogens is 2. The first-order valence-electron chi connectivity index (χ1n) is 4.69. The Morgan fingerprint density at radius 2 is 2.00 bits per heavy atom. The van der Waals surface area contributed by atoms with Gasteiger partial charge < -0.3 is 4.42 Å². The maximum absolute atomic E-state index is 11.8. The van der Waals surface area contributed by atoms with Gasteiger partial charge in [0.05, 0.1) is 0 Å². The van der Waals surface area contributed by atoms with Crippen LogP contribution in [0.25, 0.3) is 0 Å². The zero-order chi connectivity index (χ0) is 11.5. The molecule has 4 heteroatoms. The summed E-state index contributed by atoms with van der Waals surface area (Å²) in [7, 11) is 0. The summed E-state index contributed by atoms with van der Waals surface area (Å²) in [6, 6.07) is 10.7. The molecule has 0 aliphatic rings. The predicted molar refractivity (Wildman–Crippen MR) is 65.9 cm³/mol. The van der Waals surface area contributed by atoms with Crippen LogP contribution in [0.3, 0.4) is 0 Å². The van der Waals surface area contributed by atoms with E-state index in [9.17, 15) is 4.79 Å². The third-order valence-corrected chi connectivity index (χ3v) is 3.13. The van der Waals surface area contributed by atoms with Crippen LogP contribution in [0.1, 0.15) is 16.1 Å². The molecule has 82 valence electrons. The summed E-state index contributed by atoms with van der Waals surface area (Å²) >= 11 is 9.00. The smallest absolute Gasteiger partial charge is 0.202 e. The van der Waals surface area contributed by atoms with Gasteiger partial charge in [-0.1, -0.05) is 34.1 Å². The number of hydrogen-bond acceptors (Lipinski definition) is 2. The molecule has 1 aromatic heterocycles. The van der Waals surface area contributed by atoms with Crippen LogP contribution < -0.4 is 0 Å². The van der Waals surface area contributed by atoms with Crippen LogP contribution in [0.15, 0.2) is 45.3 Å². The van der Waals surface area contributed by atoms with E-state index in [4.69, 9.17) is 16.0 Å². The lowest BCUT2D eigenvalue weighted by molar-refractivity contribution is 0.0966. The summed E-state index contributed by atoms with van der Waals surface area (Å²) in [6.45, 7) is 0. The predicted octanol–water partition coefficient (Wildman–Crippen LogP) is 4.12. The Balaban J connectivity index is 2.17. The molecule has 0 saturated carbocycles. The Morgan fingerprint density at radius 1 is 1.25 bits per heavy atom. The lowest BCUT2D eigenvalue weighted by Gasteiger charge is -2.01. The van der Waals surface area contributed by atoms with Gasteiger partial charge >= 0.3 is 0 Å². The molecule has 16 heavy (non-hydrogen) atoms. The highest BCUT2D eigenvalue weighted by Gasteiger charge is 2.12. The van der Waals surface area contributed by atoms with Crippen molar-refractivity contribution in [2.24, 2.45) is 0 Å². The third-order valence-electron chi connectivity index (χ3n) is 2.16. The van der Waals surface area contributed by atoms with Gasteiger partial charge in [-0.05, 0) is 35.4 Å². The Bertz CT molecular complexity index is 519. The SMILES string of the molecule is O=C(Cc1ccccc1Br)c1ccc(Cl)o1. The lowest BCUT2D eigenvalue weighted by atomic mass is 10.1. The molecule has 1 aromatic carbocycles. The van der Waals surface area contributed by atoms with E-state index < -0.39 is 0 Å². The van der Waals surface area contributed by atoms with E-state index >= 15 is 0 Å². The highest BCUT2D eigenvalue weighted by molar-refractivity contribution is 9.10. The quantitative estimate of drug-likeness (QED) is 0.798. The van der Waals surface area contributed by atoms with Crippen LogP contribution in [0.2, 0.25) is 5.22 Å². The Hall–Kier alpha value is -1.06. The van der Waals surface area contributed by atoms with E-state index in [-0.39, 0.29) is 11.0 Å². The molecule has 0 aliphatic carbocycles. The van der Waals surface area contributed by atoms with E-state index in [1.807, 2.05) is 24.3 Å². The molecule has 0 radical (unpaired) electrons. The number of carbonyl (C=O) groups is 1. The Kier molecular flexibility index (Phi) is 3.46. The average molecular weight is 300 g/mol. The van der Waals surface area contributed by atoms with Crippen molar-refractivity contribution in [3.63, 3.8) is 0 Å². The zero-order valence-electron chi connectivity index (χ0n) is 8.24. The van der Waals surface area contributed by atoms with Crippen molar-refractivity contribution in [2.75, 3.05) is 0 Å². The van der Waals surface area contributed by atoms with Crippen molar-refractivity contribution in [2.45, 2.75) is 6.42 Å². The molecule has 2 nitrogen and oxygen atoms in total. The fourth-order valence-electron chi connectivity index (χ4n) is 1.37. The number of hydrogen-bond donors (Lipinski definition) is 0. The molecule has 0 saturated heterocycles. The molecule has 0 unspecified atom stereocenters.